The maximum Gasteiger partial charge on any atom is 0.250 e. The van der Waals surface area contributed by atoms with Crippen molar-refractivity contribution in [2.24, 2.45) is 0 Å². The summed E-state index contributed by atoms with van der Waals surface area (Å²) in [5.41, 5.74) is 3.74. The Morgan fingerprint density at radius 2 is 1.80 bits per heavy atom. The minimum atomic E-state index is -0.379. The molecule has 2 heterocycles. The molecule has 0 saturated heterocycles. The first-order valence-corrected chi connectivity index (χ1v) is 10.4. The van der Waals surface area contributed by atoms with Gasteiger partial charge in [-0.05, 0) is 49.3 Å². The molecule has 154 valence electrons. The molecule has 0 unspecified atom stereocenters. The maximum atomic E-state index is 15.8. The smallest absolute Gasteiger partial charge is 0.250 e. The molecule has 7 heteroatoms. The molecule has 2 aromatic heterocycles. The summed E-state index contributed by atoms with van der Waals surface area (Å²) >= 11 is 0. The highest BCUT2D eigenvalue weighted by atomic mass is 19.1. The molecule has 0 saturated carbocycles. The van der Waals surface area contributed by atoms with Crippen LogP contribution >= 0.6 is 0 Å². The molecule has 0 aliphatic heterocycles. The van der Waals surface area contributed by atoms with Crippen molar-refractivity contribution >= 4 is 27.6 Å². The minimum absolute atomic E-state index is 0.129. The second-order valence-electron chi connectivity index (χ2n) is 7.65. The number of aryl methyl sites for hydroxylation is 1. The lowest BCUT2D eigenvalue weighted by molar-refractivity contribution is 0.0994. The summed E-state index contributed by atoms with van der Waals surface area (Å²) in [7, 11) is 0. The molecule has 30 heavy (non-hydrogen) atoms. The van der Waals surface area contributed by atoms with Gasteiger partial charge in [0.2, 0.25) is 12.3 Å². The fraction of sp³-hybridized carbons (Fsp3) is 0.348. The Balaban J connectivity index is 1.79. The van der Waals surface area contributed by atoms with Crippen molar-refractivity contribution in [3.8, 4) is 11.5 Å². The highest BCUT2D eigenvalue weighted by Crippen LogP contribution is 2.40. The molecule has 1 aliphatic rings. The molecule has 0 spiro atoms. The lowest BCUT2D eigenvalue weighted by Crippen LogP contribution is -2.26. The van der Waals surface area contributed by atoms with E-state index in [4.69, 9.17) is 4.42 Å². The first-order chi connectivity index (χ1) is 14.6. The Morgan fingerprint density at radius 1 is 1.07 bits per heavy atom. The number of Topliss-reactive ketones (excluding diaryl/α,β-unsaturated/α-hetero) is 1. The first kappa shape index (κ1) is 18.9. The van der Waals surface area contributed by atoms with Gasteiger partial charge in [0.1, 0.15) is 5.82 Å². The normalized spacial score (nSPS) is 13.8. The molecule has 0 radical (unpaired) electrons. The van der Waals surface area contributed by atoms with Crippen LogP contribution in [-0.2, 0) is 13.0 Å². The number of rotatable bonds is 6. The Morgan fingerprint density at radius 3 is 2.50 bits per heavy atom. The van der Waals surface area contributed by atoms with Gasteiger partial charge < -0.3 is 13.9 Å². The number of halogens is 1. The van der Waals surface area contributed by atoms with E-state index in [2.05, 4.69) is 33.5 Å². The second-order valence-corrected chi connectivity index (χ2v) is 7.65. The molecule has 0 fully saturated rings. The fourth-order valence-electron chi connectivity index (χ4n) is 4.67. The number of hydrogen-bond donors (Lipinski definition) is 0. The van der Waals surface area contributed by atoms with Crippen molar-refractivity contribution in [2.75, 3.05) is 19.6 Å². The largest absolute Gasteiger partial charge is 0.423 e. The second kappa shape index (κ2) is 7.32. The van der Waals surface area contributed by atoms with Crippen molar-refractivity contribution in [3.05, 3.63) is 47.6 Å². The molecule has 0 bridgehead atoms. The van der Waals surface area contributed by atoms with Crippen molar-refractivity contribution in [2.45, 2.75) is 33.2 Å². The maximum absolute atomic E-state index is 15.8. The van der Waals surface area contributed by atoms with Crippen LogP contribution in [0, 0.1) is 5.82 Å². The number of benzene rings is 2. The Labute approximate surface area is 173 Å². The third kappa shape index (κ3) is 2.76. The van der Waals surface area contributed by atoms with Gasteiger partial charge in [-0.2, -0.15) is 0 Å². The van der Waals surface area contributed by atoms with Gasteiger partial charge in [-0.1, -0.05) is 13.8 Å². The van der Waals surface area contributed by atoms with E-state index in [0.29, 0.717) is 23.8 Å². The van der Waals surface area contributed by atoms with Crippen LogP contribution in [0.2, 0.25) is 0 Å². The number of nitrogens with zero attached hydrogens (tertiary/aromatic N) is 4. The lowest BCUT2D eigenvalue weighted by atomic mass is 10.0. The zero-order valence-corrected chi connectivity index (χ0v) is 17.1. The van der Waals surface area contributed by atoms with Gasteiger partial charge in [0.05, 0.1) is 11.1 Å². The van der Waals surface area contributed by atoms with Crippen LogP contribution in [0.4, 0.5) is 4.39 Å². The number of aromatic nitrogens is 3. The molecule has 2 aromatic carbocycles. The van der Waals surface area contributed by atoms with E-state index in [9.17, 15) is 4.79 Å². The van der Waals surface area contributed by atoms with E-state index in [-0.39, 0.29) is 23.1 Å². The molecule has 5 rings (SSSR count). The van der Waals surface area contributed by atoms with Gasteiger partial charge in [-0.15, -0.1) is 10.2 Å². The molecule has 1 aliphatic carbocycles. The van der Waals surface area contributed by atoms with E-state index >= 15 is 4.39 Å². The summed E-state index contributed by atoms with van der Waals surface area (Å²) in [5.74, 6) is -0.0948. The summed E-state index contributed by atoms with van der Waals surface area (Å²) in [6.45, 7) is 7.83. The first-order valence-electron chi connectivity index (χ1n) is 10.4. The van der Waals surface area contributed by atoms with Gasteiger partial charge in [-0.25, -0.2) is 4.39 Å². The van der Waals surface area contributed by atoms with Gasteiger partial charge in [-0.3, -0.25) is 4.79 Å². The van der Waals surface area contributed by atoms with Crippen LogP contribution in [0.25, 0.3) is 33.3 Å². The van der Waals surface area contributed by atoms with Crippen LogP contribution in [0.1, 0.15) is 36.2 Å². The highest BCUT2D eigenvalue weighted by molar-refractivity contribution is 6.15. The number of ketones is 1. The summed E-state index contributed by atoms with van der Waals surface area (Å²) in [4.78, 5) is 14.7. The van der Waals surface area contributed by atoms with Gasteiger partial charge in [0.25, 0.3) is 0 Å². The minimum Gasteiger partial charge on any atom is -0.423 e. The molecule has 0 atom stereocenters. The van der Waals surface area contributed by atoms with Gasteiger partial charge in [0, 0.05) is 41.4 Å². The fourth-order valence-corrected chi connectivity index (χ4v) is 4.67. The Kier molecular flexibility index (Phi) is 4.62. The quantitative estimate of drug-likeness (QED) is 0.473. The average Bonchev–Trinajstić information content (AvgIpc) is 3.48. The predicted octanol–water partition coefficient (Wildman–Crippen LogP) is 4.45. The van der Waals surface area contributed by atoms with Crippen molar-refractivity contribution < 1.29 is 13.6 Å². The van der Waals surface area contributed by atoms with Crippen molar-refractivity contribution in [1.82, 2.24) is 19.7 Å². The lowest BCUT2D eigenvalue weighted by Gasteiger charge is -2.19. The predicted molar refractivity (Wildman–Crippen MR) is 113 cm³/mol. The zero-order chi connectivity index (χ0) is 20.8. The van der Waals surface area contributed by atoms with E-state index in [0.717, 1.165) is 48.2 Å². The van der Waals surface area contributed by atoms with Gasteiger partial charge in [0.15, 0.2) is 5.78 Å². The Bertz CT molecular complexity index is 1260. The standard InChI is InChI=1S/C23H23FN4O2/c1-3-27(4-2)11-12-28-17-8-5-14-15(7-10-19(14)29)20(17)21-18(28)9-6-16(22(21)24)23-26-25-13-30-23/h5-6,8-9,13H,3-4,7,10-12H2,1-2H3. The molecule has 0 amide bonds. The zero-order valence-electron chi connectivity index (χ0n) is 17.1. The number of carbonyl (C=O) groups excluding carboxylic acids is 1. The topological polar surface area (TPSA) is 64.2 Å². The van der Waals surface area contributed by atoms with E-state index in [1.807, 2.05) is 18.2 Å². The summed E-state index contributed by atoms with van der Waals surface area (Å²) in [6.07, 6.45) is 2.32. The van der Waals surface area contributed by atoms with Crippen LogP contribution < -0.4 is 0 Å². The molecule has 6 nitrogen and oxygen atoms in total. The SMILES string of the molecule is CCN(CC)CCn1c2ccc(-c3nnco3)c(F)c2c2c3c(ccc21)C(=O)CC3. The number of fused-ring (bicyclic) bond motifs is 5. The summed E-state index contributed by atoms with van der Waals surface area (Å²) < 4.78 is 23.3. The summed E-state index contributed by atoms with van der Waals surface area (Å²) in [5, 5.41) is 8.94. The van der Waals surface area contributed by atoms with Crippen molar-refractivity contribution in [1.29, 1.82) is 0 Å². The van der Waals surface area contributed by atoms with Crippen LogP contribution in [0.5, 0.6) is 0 Å². The third-order valence-corrected chi connectivity index (χ3v) is 6.27. The number of carbonyl (C=O) groups is 1. The van der Waals surface area contributed by atoms with Crippen LogP contribution in [0.15, 0.2) is 35.1 Å². The van der Waals surface area contributed by atoms with E-state index < -0.39 is 0 Å². The average molecular weight is 406 g/mol. The van der Waals surface area contributed by atoms with Crippen LogP contribution in [-0.4, -0.2) is 45.1 Å². The molecule has 4 aromatic rings. The van der Waals surface area contributed by atoms with Crippen molar-refractivity contribution in [3.63, 3.8) is 0 Å². The van der Waals surface area contributed by atoms with E-state index in [1.54, 1.807) is 6.07 Å². The molecular weight excluding hydrogens is 383 g/mol. The third-order valence-electron chi connectivity index (χ3n) is 6.27. The van der Waals surface area contributed by atoms with E-state index in [1.165, 1.54) is 6.39 Å². The van der Waals surface area contributed by atoms with Crippen LogP contribution in [0.3, 0.4) is 0 Å². The Hall–Kier alpha value is -3.06. The molecular formula is C23H23FN4O2. The highest BCUT2D eigenvalue weighted by Gasteiger charge is 2.27. The molecule has 0 N–H and O–H groups in total. The van der Waals surface area contributed by atoms with Gasteiger partial charge >= 0.3 is 0 Å². The number of hydrogen-bond acceptors (Lipinski definition) is 5. The monoisotopic (exact) mass is 406 g/mol. The summed E-state index contributed by atoms with van der Waals surface area (Å²) in [6, 6.07) is 7.48. The number of likely N-dealkylation sites (N-methyl/N-ethyl adjacent to an activating group) is 1.